The molecule has 1 aliphatic heterocycles. The maximum Gasteiger partial charge on any atom is 0.0390 e. The highest BCUT2D eigenvalue weighted by molar-refractivity contribution is 5.92. The summed E-state index contributed by atoms with van der Waals surface area (Å²) in [4.78, 5) is 0. The molecule has 3 heteroatoms. The van der Waals surface area contributed by atoms with Gasteiger partial charge in [-0.1, -0.05) is 0 Å². The summed E-state index contributed by atoms with van der Waals surface area (Å²) >= 11 is 0. The Bertz CT molecular complexity index is 128. The lowest BCUT2D eigenvalue weighted by molar-refractivity contribution is 0.400. The molecular weight excluding hydrogens is 102 g/mol. The Morgan fingerprint density at radius 1 is 1.75 bits per heavy atom. The standard InChI is InChI=1S/C5H9N3/c6-5-1-3-8(7)4-2-5/h1,3,6H,2,4,7H2. The average Bonchev–Trinajstić information content (AvgIpc) is 1.77. The molecule has 0 bridgehead atoms. The van der Waals surface area contributed by atoms with Crippen LogP contribution in [-0.4, -0.2) is 17.3 Å². The molecule has 0 fully saturated rings. The Morgan fingerprint density at radius 3 is 2.88 bits per heavy atom. The summed E-state index contributed by atoms with van der Waals surface area (Å²) in [7, 11) is 0. The number of nitrogens with two attached hydrogens (primary N) is 1. The Labute approximate surface area is 48.3 Å². The summed E-state index contributed by atoms with van der Waals surface area (Å²) in [6.45, 7) is 0.773. The lowest BCUT2D eigenvalue weighted by Crippen LogP contribution is -2.30. The van der Waals surface area contributed by atoms with Gasteiger partial charge in [-0.25, -0.2) is 5.84 Å². The number of rotatable bonds is 0. The largest absolute Gasteiger partial charge is 0.318 e. The topological polar surface area (TPSA) is 53.1 Å². The van der Waals surface area contributed by atoms with Crippen molar-refractivity contribution < 1.29 is 0 Å². The lowest BCUT2D eigenvalue weighted by Gasteiger charge is -2.16. The summed E-state index contributed by atoms with van der Waals surface area (Å²) < 4.78 is 0. The van der Waals surface area contributed by atoms with Gasteiger partial charge < -0.3 is 10.4 Å². The average molecular weight is 111 g/mol. The Hall–Kier alpha value is -0.830. The van der Waals surface area contributed by atoms with Gasteiger partial charge in [0, 0.05) is 24.9 Å². The fraction of sp³-hybridized carbons (Fsp3) is 0.400. The van der Waals surface area contributed by atoms with Crippen LogP contribution >= 0.6 is 0 Å². The molecule has 8 heavy (non-hydrogen) atoms. The molecular formula is C5H9N3. The molecule has 44 valence electrons. The first-order chi connectivity index (χ1) is 3.79. The predicted octanol–water partition coefficient (Wildman–Crippen LogP) is 0.0993. The van der Waals surface area contributed by atoms with Crippen molar-refractivity contribution in [2.24, 2.45) is 5.84 Å². The predicted molar refractivity (Wildman–Crippen MR) is 32.4 cm³/mol. The van der Waals surface area contributed by atoms with E-state index >= 15 is 0 Å². The molecule has 0 spiro atoms. The second kappa shape index (κ2) is 1.96. The molecule has 1 aliphatic rings. The molecule has 0 aromatic rings. The van der Waals surface area contributed by atoms with Gasteiger partial charge in [0.15, 0.2) is 0 Å². The van der Waals surface area contributed by atoms with Crippen LogP contribution in [0.4, 0.5) is 0 Å². The first-order valence-corrected chi connectivity index (χ1v) is 2.56. The zero-order chi connectivity index (χ0) is 5.98. The van der Waals surface area contributed by atoms with Crippen LogP contribution in [0.1, 0.15) is 6.42 Å². The molecule has 0 unspecified atom stereocenters. The van der Waals surface area contributed by atoms with Gasteiger partial charge in [0.1, 0.15) is 0 Å². The lowest BCUT2D eigenvalue weighted by atomic mass is 10.2. The van der Waals surface area contributed by atoms with E-state index in [4.69, 9.17) is 11.3 Å². The van der Waals surface area contributed by atoms with Crippen molar-refractivity contribution in [2.45, 2.75) is 6.42 Å². The van der Waals surface area contributed by atoms with Crippen molar-refractivity contribution in [3.8, 4) is 0 Å². The molecule has 1 rings (SSSR count). The highest BCUT2D eigenvalue weighted by atomic mass is 15.4. The summed E-state index contributed by atoms with van der Waals surface area (Å²) in [6, 6.07) is 0. The smallest absolute Gasteiger partial charge is 0.0390 e. The first kappa shape index (κ1) is 5.31. The van der Waals surface area contributed by atoms with E-state index < -0.39 is 0 Å². The van der Waals surface area contributed by atoms with Gasteiger partial charge in [-0.3, -0.25) is 0 Å². The molecule has 3 N–H and O–H groups in total. The van der Waals surface area contributed by atoms with Gasteiger partial charge in [-0.05, 0) is 6.08 Å². The van der Waals surface area contributed by atoms with Crippen LogP contribution in [0.2, 0.25) is 0 Å². The third-order valence-corrected chi connectivity index (χ3v) is 1.11. The van der Waals surface area contributed by atoms with E-state index in [-0.39, 0.29) is 0 Å². The zero-order valence-electron chi connectivity index (χ0n) is 4.59. The van der Waals surface area contributed by atoms with Crippen LogP contribution in [0.25, 0.3) is 0 Å². The van der Waals surface area contributed by atoms with E-state index in [1.807, 2.05) is 0 Å². The molecule has 0 aromatic heterocycles. The molecule has 0 saturated carbocycles. The summed E-state index contributed by atoms with van der Waals surface area (Å²) in [5.41, 5.74) is 0.659. The SMILES string of the molecule is N=C1C=CN(N)CC1. The van der Waals surface area contributed by atoms with E-state index in [9.17, 15) is 0 Å². The number of hydrogen-bond acceptors (Lipinski definition) is 3. The molecule has 1 heterocycles. The number of nitrogens with zero attached hydrogens (tertiary/aromatic N) is 1. The minimum absolute atomic E-state index is 0.659. The minimum atomic E-state index is 0.659. The van der Waals surface area contributed by atoms with E-state index in [1.54, 1.807) is 17.3 Å². The molecule has 0 saturated heterocycles. The van der Waals surface area contributed by atoms with E-state index in [0.717, 1.165) is 13.0 Å². The second-order valence-electron chi connectivity index (χ2n) is 1.83. The molecule has 0 aromatic carbocycles. The Kier molecular flexibility index (Phi) is 1.30. The van der Waals surface area contributed by atoms with Gasteiger partial charge in [0.05, 0.1) is 0 Å². The number of hydrazine groups is 1. The molecule has 0 amide bonds. The summed E-state index contributed by atoms with van der Waals surface area (Å²) in [5, 5.41) is 8.69. The van der Waals surface area contributed by atoms with E-state index in [1.165, 1.54) is 0 Å². The van der Waals surface area contributed by atoms with Crippen molar-refractivity contribution in [1.29, 1.82) is 5.41 Å². The van der Waals surface area contributed by atoms with Crippen LogP contribution in [0.5, 0.6) is 0 Å². The summed E-state index contributed by atoms with van der Waals surface area (Å²) in [6.07, 6.45) is 4.20. The van der Waals surface area contributed by atoms with Crippen molar-refractivity contribution in [1.82, 2.24) is 5.01 Å². The number of hydrogen-bond donors (Lipinski definition) is 2. The van der Waals surface area contributed by atoms with E-state index in [0.29, 0.717) is 5.71 Å². The highest BCUT2D eigenvalue weighted by Gasteiger charge is 2.00. The van der Waals surface area contributed by atoms with Gasteiger partial charge in [0.2, 0.25) is 0 Å². The third-order valence-electron chi connectivity index (χ3n) is 1.11. The zero-order valence-corrected chi connectivity index (χ0v) is 4.59. The van der Waals surface area contributed by atoms with Gasteiger partial charge >= 0.3 is 0 Å². The van der Waals surface area contributed by atoms with Crippen LogP contribution in [0.15, 0.2) is 12.3 Å². The monoisotopic (exact) mass is 111 g/mol. The van der Waals surface area contributed by atoms with Crippen molar-refractivity contribution >= 4 is 5.71 Å². The van der Waals surface area contributed by atoms with Gasteiger partial charge in [-0.15, -0.1) is 0 Å². The molecule has 3 nitrogen and oxygen atoms in total. The molecule has 0 atom stereocenters. The van der Waals surface area contributed by atoms with Gasteiger partial charge in [-0.2, -0.15) is 0 Å². The first-order valence-electron chi connectivity index (χ1n) is 2.56. The third kappa shape index (κ3) is 1.07. The fourth-order valence-electron chi connectivity index (χ4n) is 0.593. The maximum atomic E-state index is 7.11. The Balaban J connectivity index is 2.55. The van der Waals surface area contributed by atoms with Crippen LogP contribution < -0.4 is 5.84 Å². The quantitative estimate of drug-likeness (QED) is 0.435. The minimum Gasteiger partial charge on any atom is -0.318 e. The normalized spacial score (nSPS) is 19.6. The van der Waals surface area contributed by atoms with Crippen molar-refractivity contribution in [2.75, 3.05) is 6.54 Å². The van der Waals surface area contributed by atoms with E-state index in [2.05, 4.69) is 0 Å². The van der Waals surface area contributed by atoms with Crippen LogP contribution in [0, 0.1) is 5.41 Å². The Morgan fingerprint density at radius 2 is 2.50 bits per heavy atom. The number of allylic oxidation sites excluding steroid dienone is 1. The molecule has 0 radical (unpaired) electrons. The van der Waals surface area contributed by atoms with Gasteiger partial charge in [0.25, 0.3) is 0 Å². The highest BCUT2D eigenvalue weighted by Crippen LogP contribution is 1.96. The second-order valence-corrected chi connectivity index (χ2v) is 1.83. The summed E-state index contributed by atoms with van der Waals surface area (Å²) in [5.74, 6) is 5.35. The van der Waals surface area contributed by atoms with Crippen LogP contribution in [-0.2, 0) is 0 Å². The maximum absolute atomic E-state index is 7.11. The number of nitrogens with one attached hydrogen (secondary N) is 1. The van der Waals surface area contributed by atoms with Crippen molar-refractivity contribution in [3.63, 3.8) is 0 Å². The van der Waals surface area contributed by atoms with Crippen molar-refractivity contribution in [3.05, 3.63) is 12.3 Å². The fourth-order valence-corrected chi connectivity index (χ4v) is 0.593. The van der Waals surface area contributed by atoms with Crippen LogP contribution in [0.3, 0.4) is 0 Å². The molecule has 0 aliphatic carbocycles.